The Labute approximate surface area is 135 Å². The number of rotatable bonds is 6. The molecule has 0 unspecified atom stereocenters. The van der Waals surface area contributed by atoms with Gasteiger partial charge in [-0.2, -0.15) is 0 Å². The lowest BCUT2D eigenvalue weighted by Gasteiger charge is -2.26. The van der Waals surface area contributed by atoms with E-state index in [1.165, 1.54) is 12.1 Å². The number of amides is 1. The largest absolute Gasteiger partial charge is 0.478 e. The summed E-state index contributed by atoms with van der Waals surface area (Å²) in [6, 6.07) is 10.2. The fourth-order valence-electron chi connectivity index (χ4n) is 2.39. The first kappa shape index (κ1) is 16.8. The molecule has 2 aromatic rings. The van der Waals surface area contributed by atoms with Gasteiger partial charge in [0.15, 0.2) is 0 Å². The van der Waals surface area contributed by atoms with Gasteiger partial charge < -0.3 is 14.4 Å². The molecule has 0 aliphatic rings. The van der Waals surface area contributed by atoms with Crippen LogP contribution in [0.4, 0.5) is 0 Å². The minimum atomic E-state index is -0.994. The third-order valence-electron chi connectivity index (χ3n) is 3.60. The second-order valence-corrected chi connectivity index (χ2v) is 5.81. The second-order valence-electron chi connectivity index (χ2n) is 5.81. The Hall–Kier alpha value is -2.56. The van der Waals surface area contributed by atoms with Crippen LogP contribution in [0.2, 0.25) is 0 Å². The van der Waals surface area contributed by atoms with E-state index in [1.54, 1.807) is 17.0 Å². The van der Waals surface area contributed by atoms with Crippen molar-refractivity contribution < 1.29 is 19.1 Å². The third-order valence-corrected chi connectivity index (χ3v) is 3.60. The van der Waals surface area contributed by atoms with Crippen LogP contribution in [0.5, 0.6) is 0 Å². The van der Waals surface area contributed by atoms with Gasteiger partial charge >= 0.3 is 5.97 Å². The molecule has 5 nitrogen and oxygen atoms in total. The van der Waals surface area contributed by atoms with E-state index in [0.717, 1.165) is 11.5 Å². The molecule has 0 atom stereocenters. The molecule has 1 aromatic heterocycles. The maximum Gasteiger partial charge on any atom is 0.335 e. The first-order chi connectivity index (χ1) is 10.9. The van der Waals surface area contributed by atoms with Crippen molar-refractivity contribution in [2.24, 2.45) is 0 Å². The first-order valence-electron chi connectivity index (χ1n) is 7.54. The van der Waals surface area contributed by atoms with E-state index in [1.807, 2.05) is 32.9 Å². The number of carbonyl (C=O) groups is 2. The normalized spacial score (nSPS) is 10.8. The average molecular weight is 315 g/mol. The van der Waals surface area contributed by atoms with E-state index in [9.17, 15) is 9.59 Å². The van der Waals surface area contributed by atoms with Crippen LogP contribution in [-0.4, -0.2) is 27.9 Å². The quantitative estimate of drug-likeness (QED) is 0.888. The van der Waals surface area contributed by atoms with E-state index >= 15 is 0 Å². The van der Waals surface area contributed by atoms with Gasteiger partial charge in [-0.05, 0) is 50.6 Å². The van der Waals surface area contributed by atoms with Crippen molar-refractivity contribution in [2.45, 2.75) is 39.8 Å². The molecule has 23 heavy (non-hydrogen) atoms. The summed E-state index contributed by atoms with van der Waals surface area (Å²) >= 11 is 0. The van der Waals surface area contributed by atoms with E-state index in [2.05, 4.69) is 0 Å². The molecule has 1 N–H and O–H groups in total. The number of hydrogen-bond acceptors (Lipinski definition) is 3. The molecular formula is C18H21NO4. The van der Waals surface area contributed by atoms with E-state index in [-0.39, 0.29) is 23.9 Å². The van der Waals surface area contributed by atoms with Crippen LogP contribution in [-0.2, 0) is 17.8 Å². The summed E-state index contributed by atoms with van der Waals surface area (Å²) in [6.45, 7) is 6.16. The van der Waals surface area contributed by atoms with E-state index in [4.69, 9.17) is 9.52 Å². The molecule has 1 aromatic carbocycles. The predicted octanol–water partition coefficient (Wildman–Crippen LogP) is 3.27. The number of benzene rings is 1. The summed E-state index contributed by atoms with van der Waals surface area (Å²) in [6.07, 6.45) is 0.166. The van der Waals surface area contributed by atoms with Crippen molar-refractivity contribution in [2.75, 3.05) is 0 Å². The highest BCUT2D eigenvalue weighted by Crippen LogP contribution is 2.14. The Balaban J connectivity index is 2.12. The molecule has 0 saturated heterocycles. The highest BCUT2D eigenvalue weighted by molar-refractivity contribution is 5.88. The zero-order valence-electron chi connectivity index (χ0n) is 13.6. The molecule has 0 aliphatic carbocycles. The van der Waals surface area contributed by atoms with Crippen LogP contribution in [0.3, 0.4) is 0 Å². The van der Waals surface area contributed by atoms with Gasteiger partial charge in [0.25, 0.3) is 0 Å². The first-order valence-corrected chi connectivity index (χ1v) is 7.54. The van der Waals surface area contributed by atoms with Gasteiger partial charge in [-0.3, -0.25) is 4.79 Å². The van der Waals surface area contributed by atoms with Crippen molar-refractivity contribution in [3.63, 3.8) is 0 Å². The van der Waals surface area contributed by atoms with Gasteiger partial charge in [0, 0.05) is 6.04 Å². The van der Waals surface area contributed by atoms with Crippen molar-refractivity contribution in [3.05, 3.63) is 59.0 Å². The summed E-state index contributed by atoms with van der Waals surface area (Å²) in [5.41, 5.74) is 0.879. The van der Waals surface area contributed by atoms with Gasteiger partial charge in [-0.1, -0.05) is 12.1 Å². The highest BCUT2D eigenvalue weighted by atomic mass is 16.4. The number of carboxylic acids is 1. The number of hydrogen-bond donors (Lipinski definition) is 1. The number of nitrogens with zero attached hydrogens (tertiary/aromatic N) is 1. The number of carbonyl (C=O) groups excluding carboxylic acids is 1. The maximum atomic E-state index is 12.6. The topological polar surface area (TPSA) is 70.8 Å². The Morgan fingerprint density at radius 3 is 2.52 bits per heavy atom. The standard InChI is InChI=1S/C18H21NO4/c1-12(2)19(11-16-8-7-13(3)23-16)17(20)10-14-5-4-6-15(9-14)18(21)22/h4-9,12H,10-11H2,1-3H3,(H,21,22). The SMILES string of the molecule is Cc1ccc(CN(C(=O)Cc2cccc(C(=O)O)c2)C(C)C)o1. The van der Waals surface area contributed by atoms with Gasteiger partial charge in [0.1, 0.15) is 11.5 Å². The minimum absolute atomic E-state index is 0.0237. The Kier molecular flexibility index (Phi) is 5.21. The Morgan fingerprint density at radius 2 is 1.96 bits per heavy atom. The van der Waals surface area contributed by atoms with Crippen LogP contribution in [0, 0.1) is 6.92 Å². The van der Waals surface area contributed by atoms with Crippen molar-refractivity contribution >= 4 is 11.9 Å². The summed E-state index contributed by atoms with van der Waals surface area (Å²) < 4.78 is 5.54. The molecule has 1 amide bonds. The van der Waals surface area contributed by atoms with Crippen molar-refractivity contribution in [1.82, 2.24) is 4.90 Å². The lowest BCUT2D eigenvalue weighted by atomic mass is 10.1. The van der Waals surface area contributed by atoms with E-state index in [0.29, 0.717) is 12.1 Å². The number of carboxylic acid groups (broad SMARTS) is 1. The third kappa shape index (κ3) is 4.45. The molecule has 0 saturated carbocycles. The lowest BCUT2D eigenvalue weighted by molar-refractivity contribution is -0.133. The fraction of sp³-hybridized carbons (Fsp3) is 0.333. The monoisotopic (exact) mass is 315 g/mol. The smallest absolute Gasteiger partial charge is 0.335 e. The van der Waals surface area contributed by atoms with Crippen LogP contribution < -0.4 is 0 Å². The second kappa shape index (κ2) is 7.13. The number of aromatic carboxylic acids is 1. The molecule has 0 bridgehead atoms. The van der Waals surface area contributed by atoms with Crippen LogP contribution in [0.15, 0.2) is 40.8 Å². The van der Waals surface area contributed by atoms with Crippen molar-refractivity contribution in [3.8, 4) is 0 Å². The summed E-state index contributed by atoms with van der Waals surface area (Å²) in [7, 11) is 0. The van der Waals surface area contributed by atoms with Crippen molar-refractivity contribution in [1.29, 1.82) is 0 Å². The fourth-order valence-corrected chi connectivity index (χ4v) is 2.39. The summed E-state index contributed by atoms with van der Waals surface area (Å²) in [5.74, 6) is 0.497. The molecule has 0 aliphatic heterocycles. The molecular weight excluding hydrogens is 294 g/mol. The zero-order chi connectivity index (χ0) is 17.0. The molecule has 0 fully saturated rings. The van der Waals surface area contributed by atoms with Crippen LogP contribution in [0.25, 0.3) is 0 Å². The van der Waals surface area contributed by atoms with Crippen LogP contribution in [0.1, 0.15) is 41.3 Å². The molecule has 0 radical (unpaired) electrons. The lowest BCUT2D eigenvalue weighted by Crippen LogP contribution is -2.37. The summed E-state index contributed by atoms with van der Waals surface area (Å²) in [4.78, 5) is 25.3. The minimum Gasteiger partial charge on any atom is -0.478 e. The maximum absolute atomic E-state index is 12.6. The average Bonchev–Trinajstić information content (AvgIpc) is 2.90. The predicted molar refractivity (Wildman–Crippen MR) is 86.2 cm³/mol. The van der Waals surface area contributed by atoms with Gasteiger partial charge in [0.05, 0.1) is 18.5 Å². The Morgan fingerprint density at radius 1 is 1.22 bits per heavy atom. The summed E-state index contributed by atoms with van der Waals surface area (Å²) in [5, 5.41) is 9.03. The highest BCUT2D eigenvalue weighted by Gasteiger charge is 2.19. The van der Waals surface area contributed by atoms with Gasteiger partial charge in [-0.25, -0.2) is 4.79 Å². The van der Waals surface area contributed by atoms with Gasteiger partial charge in [-0.15, -0.1) is 0 Å². The molecule has 0 spiro atoms. The molecule has 5 heteroatoms. The number of furan rings is 1. The van der Waals surface area contributed by atoms with Gasteiger partial charge in [0.2, 0.25) is 5.91 Å². The Bertz CT molecular complexity index is 703. The zero-order valence-corrected chi connectivity index (χ0v) is 13.6. The molecule has 122 valence electrons. The molecule has 2 rings (SSSR count). The number of aryl methyl sites for hydroxylation is 1. The molecule has 1 heterocycles. The van der Waals surface area contributed by atoms with E-state index < -0.39 is 5.97 Å². The van der Waals surface area contributed by atoms with Crippen LogP contribution >= 0.6 is 0 Å².